The first-order chi connectivity index (χ1) is 9.49. The molecular weight excluding hydrogens is 262 g/mol. The van der Waals surface area contributed by atoms with Crippen LogP contribution in [0.2, 0.25) is 0 Å². The van der Waals surface area contributed by atoms with Gasteiger partial charge in [-0.05, 0) is 18.8 Å². The number of carboxylic acid groups (broad SMARTS) is 1. The topological polar surface area (TPSA) is 90.0 Å². The van der Waals surface area contributed by atoms with Gasteiger partial charge in [0.15, 0.2) is 0 Å². The molecule has 0 radical (unpaired) electrons. The molecule has 2 N–H and O–H groups in total. The lowest BCUT2D eigenvalue weighted by atomic mass is 10.0. The second kappa shape index (κ2) is 6.11. The lowest BCUT2D eigenvalue weighted by Crippen LogP contribution is -2.61. The van der Waals surface area contributed by atoms with E-state index in [1.54, 1.807) is 4.90 Å². The fourth-order valence-electron chi connectivity index (χ4n) is 2.86. The summed E-state index contributed by atoms with van der Waals surface area (Å²) in [5.41, 5.74) is 0. The van der Waals surface area contributed by atoms with Crippen molar-refractivity contribution < 1.29 is 19.5 Å². The second-order valence-corrected chi connectivity index (χ2v) is 5.57. The Bertz CT molecular complexity index is 412. The van der Waals surface area contributed by atoms with Gasteiger partial charge in [0.05, 0.1) is 6.42 Å². The van der Waals surface area contributed by atoms with Crippen molar-refractivity contribution in [2.75, 3.05) is 26.2 Å². The number of amides is 3. The van der Waals surface area contributed by atoms with Gasteiger partial charge in [-0.15, -0.1) is 0 Å². The third kappa shape index (κ3) is 3.20. The smallest absolute Gasteiger partial charge is 0.320 e. The maximum atomic E-state index is 12.5. The summed E-state index contributed by atoms with van der Waals surface area (Å²) in [5.74, 6) is -1.00. The van der Waals surface area contributed by atoms with Crippen LogP contribution in [-0.2, 0) is 9.59 Å². The van der Waals surface area contributed by atoms with Crippen LogP contribution in [0.1, 0.15) is 26.2 Å². The highest BCUT2D eigenvalue weighted by Gasteiger charge is 2.37. The molecule has 0 saturated carbocycles. The highest BCUT2D eigenvalue weighted by molar-refractivity contribution is 5.91. The predicted octanol–water partition coefficient (Wildman–Crippen LogP) is 0.113. The molecular formula is C13H21N3O4. The number of carbonyl (C=O) groups excluding carboxylic acids is 2. The van der Waals surface area contributed by atoms with E-state index in [2.05, 4.69) is 12.2 Å². The molecule has 7 heteroatoms. The van der Waals surface area contributed by atoms with Gasteiger partial charge in [-0.1, -0.05) is 6.92 Å². The van der Waals surface area contributed by atoms with E-state index in [1.165, 1.54) is 4.90 Å². The highest BCUT2D eigenvalue weighted by Crippen LogP contribution is 2.19. The minimum Gasteiger partial charge on any atom is -0.481 e. The van der Waals surface area contributed by atoms with E-state index < -0.39 is 12.0 Å². The Morgan fingerprint density at radius 3 is 2.80 bits per heavy atom. The van der Waals surface area contributed by atoms with Crippen LogP contribution in [-0.4, -0.2) is 65.0 Å². The summed E-state index contributed by atoms with van der Waals surface area (Å²) in [7, 11) is 0. The van der Waals surface area contributed by atoms with Crippen molar-refractivity contribution in [3.63, 3.8) is 0 Å². The van der Waals surface area contributed by atoms with E-state index in [1.807, 2.05) is 0 Å². The Morgan fingerprint density at radius 2 is 2.15 bits per heavy atom. The first-order valence-electron chi connectivity index (χ1n) is 7.04. The predicted molar refractivity (Wildman–Crippen MR) is 71.1 cm³/mol. The van der Waals surface area contributed by atoms with Gasteiger partial charge in [-0.25, -0.2) is 4.79 Å². The average molecular weight is 283 g/mol. The van der Waals surface area contributed by atoms with Gasteiger partial charge in [-0.2, -0.15) is 0 Å². The number of carbonyl (C=O) groups is 3. The summed E-state index contributed by atoms with van der Waals surface area (Å²) >= 11 is 0. The standard InChI is InChI=1S/C13H21N3O4/c1-9-3-2-5-15(8-9)13(20)16-6-4-14-12(19)10(16)7-11(17)18/h9-10H,2-8H2,1H3,(H,14,19)(H,17,18). The summed E-state index contributed by atoms with van der Waals surface area (Å²) in [6, 6.07) is -1.11. The lowest BCUT2D eigenvalue weighted by molar-refractivity contribution is -0.142. The van der Waals surface area contributed by atoms with Gasteiger partial charge in [0.2, 0.25) is 5.91 Å². The van der Waals surface area contributed by atoms with Crippen LogP contribution in [0.15, 0.2) is 0 Å². The molecule has 0 aromatic rings. The van der Waals surface area contributed by atoms with Crippen molar-refractivity contribution in [2.24, 2.45) is 5.92 Å². The molecule has 0 aliphatic carbocycles. The molecule has 2 aliphatic rings. The van der Waals surface area contributed by atoms with Crippen LogP contribution in [0.4, 0.5) is 4.79 Å². The maximum absolute atomic E-state index is 12.5. The van der Waals surface area contributed by atoms with E-state index in [0.29, 0.717) is 32.1 Å². The Hall–Kier alpha value is -1.79. The normalized spacial score (nSPS) is 27.1. The monoisotopic (exact) mass is 283 g/mol. The SMILES string of the molecule is CC1CCCN(C(=O)N2CCNC(=O)C2CC(=O)O)C1. The zero-order valence-electron chi connectivity index (χ0n) is 11.7. The Morgan fingerprint density at radius 1 is 1.40 bits per heavy atom. The van der Waals surface area contributed by atoms with Crippen molar-refractivity contribution >= 4 is 17.9 Å². The molecule has 2 atom stereocenters. The van der Waals surface area contributed by atoms with Crippen LogP contribution in [0.5, 0.6) is 0 Å². The number of likely N-dealkylation sites (tertiary alicyclic amines) is 1. The maximum Gasteiger partial charge on any atom is 0.320 e. The van der Waals surface area contributed by atoms with Gasteiger partial charge in [0.1, 0.15) is 6.04 Å². The molecule has 2 aliphatic heterocycles. The van der Waals surface area contributed by atoms with Crippen LogP contribution < -0.4 is 5.32 Å². The van der Waals surface area contributed by atoms with Gasteiger partial charge in [0, 0.05) is 26.2 Å². The van der Waals surface area contributed by atoms with E-state index in [9.17, 15) is 14.4 Å². The Kier molecular flexibility index (Phi) is 4.46. The van der Waals surface area contributed by atoms with Crippen LogP contribution in [0.3, 0.4) is 0 Å². The van der Waals surface area contributed by atoms with Crippen molar-refractivity contribution in [2.45, 2.75) is 32.2 Å². The van der Waals surface area contributed by atoms with E-state index in [0.717, 1.165) is 12.8 Å². The number of piperazine rings is 1. The minimum atomic E-state index is -1.07. The number of nitrogens with zero attached hydrogens (tertiary/aromatic N) is 2. The first-order valence-corrected chi connectivity index (χ1v) is 7.04. The molecule has 2 heterocycles. The number of nitrogens with one attached hydrogen (secondary N) is 1. The third-order valence-corrected chi connectivity index (χ3v) is 3.87. The van der Waals surface area contributed by atoms with Gasteiger partial charge >= 0.3 is 12.0 Å². The van der Waals surface area contributed by atoms with Gasteiger partial charge in [-0.3, -0.25) is 9.59 Å². The number of piperidine rings is 1. The number of hydrogen-bond acceptors (Lipinski definition) is 3. The fraction of sp³-hybridized carbons (Fsp3) is 0.769. The number of hydrogen-bond donors (Lipinski definition) is 2. The molecule has 112 valence electrons. The molecule has 0 spiro atoms. The third-order valence-electron chi connectivity index (χ3n) is 3.87. The summed E-state index contributed by atoms with van der Waals surface area (Å²) in [4.78, 5) is 38.3. The minimum absolute atomic E-state index is 0.211. The summed E-state index contributed by atoms with van der Waals surface area (Å²) in [6.07, 6.45) is 1.71. The molecule has 0 aromatic heterocycles. The first kappa shape index (κ1) is 14.6. The molecule has 20 heavy (non-hydrogen) atoms. The van der Waals surface area contributed by atoms with E-state index in [-0.39, 0.29) is 18.4 Å². The number of aliphatic carboxylic acids is 1. The Balaban J connectivity index is 2.08. The van der Waals surface area contributed by atoms with Crippen LogP contribution in [0, 0.1) is 5.92 Å². The number of carboxylic acids is 1. The second-order valence-electron chi connectivity index (χ2n) is 5.57. The number of rotatable bonds is 2. The molecule has 7 nitrogen and oxygen atoms in total. The van der Waals surface area contributed by atoms with Crippen molar-refractivity contribution in [3.05, 3.63) is 0 Å². The van der Waals surface area contributed by atoms with Crippen molar-refractivity contribution in [1.29, 1.82) is 0 Å². The molecule has 2 rings (SSSR count). The molecule has 0 bridgehead atoms. The molecule has 2 fully saturated rings. The van der Waals surface area contributed by atoms with Crippen molar-refractivity contribution in [3.8, 4) is 0 Å². The lowest BCUT2D eigenvalue weighted by Gasteiger charge is -2.40. The zero-order chi connectivity index (χ0) is 14.7. The van der Waals surface area contributed by atoms with Crippen LogP contribution in [0.25, 0.3) is 0 Å². The van der Waals surface area contributed by atoms with E-state index in [4.69, 9.17) is 5.11 Å². The molecule has 3 amide bonds. The summed E-state index contributed by atoms with van der Waals surface area (Å²) in [5, 5.41) is 11.5. The van der Waals surface area contributed by atoms with Crippen LogP contribution >= 0.6 is 0 Å². The van der Waals surface area contributed by atoms with Crippen molar-refractivity contribution in [1.82, 2.24) is 15.1 Å². The van der Waals surface area contributed by atoms with E-state index >= 15 is 0 Å². The largest absolute Gasteiger partial charge is 0.481 e. The highest BCUT2D eigenvalue weighted by atomic mass is 16.4. The summed E-state index contributed by atoms with van der Waals surface area (Å²) in [6.45, 7) is 4.20. The average Bonchev–Trinajstić information content (AvgIpc) is 2.40. The zero-order valence-corrected chi connectivity index (χ0v) is 11.7. The Labute approximate surface area is 117 Å². The van der Waals surface area contributed by atoms with Gasteiger partial charge < -0.3 is 20.2 Å². The fourth-order valence-corrected chi connectivity index (χ4v) is 2.86. The quantitative estimate of drug-likeness (QED) is 0.753. The molecule has 0 aromatic carbocycles. The summed E-state index contributed by atoms with van der Waals surface area (Å²) < 4.78 is 0. The van der Waals surface area contributed by atoms with Gasteiger partial charge in [0.25, 0.3) is 0 Å². The molecule has 2 saturated heterocycles. The number of urea groups is 1. The molecule has 2 unspecified atom stereocenters.